The highest BCUT2D eigenvalue weighted by Gasteiger charge is 2.29. The average Bonchev–Trinajstić information content (AvgIpc) is 3.37. The van der Waals surface area contributed by atoms with Crippen LogP contribution in [0.25, 0.3) is 10.6 Å². The Morgan fingerprint density at radius 2 is 2.14 bits per heavy atom. The molecule has 0 N–H and O–H groups in total. The summed E-state index contributed by atoms with van der Waals surface area (Å²) in [5.41, 5.74) is 1.41. The Morgan fingerprint density at radius 3 is 2.90 bits per heavy atom. The zero-order valence-electron chi connectivity index (χ0n) is 16.8. The molecule has 0 aromatic carbocycles. The van der Waals surface area contributed by atoms with Gasteiger partial charge in [0.1, 0.15) is 17.5 Å². The Hall–Kier alpha value is -2.94. The van der Waals surface area contributed by atoms with Crippen molar-refractivity contribution in [2.45, 2.75) is 18.9 Å². The van der Waals surface area contributed by atoms with Gasteiger partial charge >= 0.3 is 0 Å². The van der Waals surface area contributed by atoms with E-state index in [4.69, 9.17) is 4.74 Å². The van der Waals surface area contributed by atoms with Crippen LogP contribution in [-0.4, -0.2) is 63.8 Å². The maximum atomic E-state index is 13.2. The maximum Gasteiger partial charge on any atom is 0.272 e. The van der Waals surface area contributed by atoms with Crippen LogP contribution >= 0.6 is 11.3 Å². The molecular formula is C20H24N6O2S. The van der Waals surface area contributed by atoms with Crippen LogP contribution in [0.1, 0.15) is 23.3 Å². The molecule has 0 saturated carbocycles. The molecule has 0 aliphatic carbocycles. The summed E-state index contributed by atoms with van der Waals surface area (Å²) in [5, 5.41) is 6.52. The van der Waals surface area contributed by atoms with E-state index < -0.39 is 0 Å². The summed E-state index contributed by atoms with van der Waals surface area (Å²) in [4.78, 5) is 26.6. The minimum atomic E-state index is -0.118. The summed E-state index contributed by atoms with van der Waals surface area (Å²) in [7, 11) is 5.62. The zero-order valence-corrected chi connectivity index (χ0v) is 17.6. The molecule has 0 bridgehead atoms. The fraction of sp³-hybridized carbons (Fsp3) is 0.400. The Kier molecular flexibility index (Phi) is 5.48. The lowest BCUT2D eigenvalue weighted by Crippen LogP contribution is -2.45. The molecular weight excluding hydrogens is 388 g/mol. The van der Waals surface area contributed by atoms with E-state index in [-0.39, 0.29) is 12.0 Å². The molecule has 4 rings (SSSR count). The van der Waals surface area contributed by atoms with Gasteiger partial charge in [0.05, 0.1) is 11.4 Å². The minimum Gasteiger partial charge on any atom is -0.470 e. The number of carbonyl (C=O) groups excluding carboxylic acids is 1. The number of likely N-dealkylation sites (tertiary alicyclic amines) is 1. The molecule has 29 heavy (non-hydrogen) atoms. The molecule has 4 heterocycles. The van der Waals surface area contributed by atoms with Crippen molar-refractivity contribution in [2.24, 2.45) is 7.05 Å². The number of carbonyl (C=O) groups is 1. The Labute approximate surface area is 173 Å². The molecule has 1 fully saturated rings. The topological polar surface area (TPSA) is 76.4 Å². The van der Waals surface area contributed by atoms with Crippen LogP contribution in [0.2, 0.25) is 0 Å². The van der Waals surface area contributed by atoms with Crippen LogP contribution in [0, 0.1) is 0 Å². The van der Waals surface area contributed by atoms with Crippen molar-refractivity contribution < 1.29 is 9.53 Å². The van der Waals surface area contributed by atoms with Gasteiger partial charge in [0.15, 0.2) is 5.82 Å². The van der Waals surface area contributed by atoms with Gasteiger partial charge in [-0.15, -0.1) is 11.3 Å². The molecule has 1 unspecified atom stereocenters. The van der Waals surface area contributed by atoms with Gasteiger partial charge in [0, 0.05) is 40.1 Å². The number of aromatic nitrogens is 4. The Bertz CT molecular complexity index is 985. The van der Waals surface area contributed by atoms with E-state index >= 15 is 0 Å². The van der Waals surface area contributed by atoms with Gasteiger partial charge in [-0.25, -0.2) is 9.97 Å². The Balaban J connectivity index is 1.48. The summed E-state index contributed by atoms with van der Waals surface area (Å²) in [6.45, 7) is 1.22. The lowest BCUT2D eigenvalue weighted by atomic mass is 10.1. The van der Waals surface area contributed by atoms with Crippen molar-refractivity contribution in [1.82, 2.24) is 24.6 Å². The van der Waals surface area contributed by atoms with Gasteiger partial charge in [-0.3, -0.25) is 9.48 Å². The fourth-order valence-electron chi connectivity index (χ4n) is 3.46. The number of nitrogens with zero attached hydrogens (tertiary/aromatic N) is 6. The second-order valence-corrected chi connectivity index (χ2v) is 8.18. The quantitative estimate of drug-likeness (QED) is 0.641. The molecule has 9 heteroatoms. The van der Waals surface area contributed by atoms with E-state index in [1.54, 1.807) is 28.4 Å². The highest BCUT2D eigenvalue weighted by Crippen LogP contribution is 2.26. The van der Waals surface area contributed by atoms with Crippen molar-refractivity contribution in [3.8, 4) is 16.5 Å². The van der Waals surface area contributed by atoms with Gasteiger partial charge in [-0.1, -0.05) is 6.07 Å². The minimum absolute atomic E-state index is 0.0249. The second-order valence-electron chi connectivity index (χ2n) is 7.23. The first-order valence-corrected chi connectivity index (χ1v) is 10.4. The van der Waals surface area contributed by atoms with Gasteiger partial charge in [0.25, 0.3) is 11.8 Å². The number of rotatable bonds is 5. The van der Waals surface area contributed by atoms with E-state index in [1.165, 1.54) is 0 Å². The van der Waals surface area contributed by atoms with Crippen LogP contribution in [0.4, 0.5) is 5.82 Å². The smallest absolute Gasteiger partial charge is 0.272 e. The summed E-state index contributed by atoms with van der Waals surface area (Å²) < 4.78 is 7.79. The first-order valence-electron chi connectivity index (χ1n) is 9.55. The molecule has 1 aliphatic heterocycles. The normalized spacial score (nSPS) is 16.7. The summed E-state index contributed by atoms with van der Waals surface area (Å²) in [5.74, 6) is 1.16. The molecule has 3 aromatic rings. The highest BCUT2D eigenvalue weighted by molar-refractivity contribution is 7.13. The molecule has 1 amide bonds. The number of anilines is 1. The van der Waals surface area contributed by atoms with E-state index in [0.717, 1.165) is 23.4 Å². The van der Waals surface area contributed by atoms with Crippen LogP contribution in [0.3, 0.4) is 0 Å². The van der Waals surface area contributed by atoms with E-state index in [2.05, 4.69) is 15.1 Å². The van der Waals surface area contributed by atoms with Gasteiger partial charge < -0.3 is 14.5 Å². The lowest BCUT2D eigenvalue weighted by Gasteiger charge is -2.33. The van der Waals surface area contributed by atoms with Gasteiger partial charge in [-0.05, 0) is 30.4 Å². The number of amides is 1. The van der Waals surface area contributed by atoms with E-state index in [1.807, 2.05) is 54.5 Å². The number of thiophene rings is 1. The zero-order chi connectivity index (χ0) is 20.4. The number of hydrogen-bond acceptors (Lipinski definition) is 7. The molecule has 3 aromatic heterocycles. The first-order chi connectivity index (χ1) is 14.0. The van der Waals surface area contributed by atoms with Gasteiger partial charge in [0.2, 0.25) is 0 Å². The van der Waals surface area contributed by atoms with Crippen LogP contribution < -0.4 is 9.64 Å². The number of ether oxygens (including phenoxy) is 1. The lowest BCUT2D eigenvalue weighted by molar-refractivity contribution is 0.0518. The van der Waals surface area contributed by atoms with Crippen molar-refractivity contribution in [2.75, 3.05) is 32.1 Å². The number of hydrogen-bond donors (Lipinski definition) is 0. The predicted molar refractivity (Wildman–Crippen MR) is 112 cm³/mol. The summed E-state index contributed by atoms with van der Waals surface area (Å²) >= 11 is 1.61. The third-order valence-corrected chi connectivity index (χ3v) is 5.78. The van der Waals surface area contributed by atoms with Crippen molar-refractivity contribution in [3.05, 3.63) is 41.7 Å². The van der Waals surface area contributed by atoms with Crippen molar-refractivity contribution >= 4 is 23.1 Å². The first kappa shape index (κ1) is 19.4. The molecule has 1 atom stereocenters. The molecule has 0 spiro atoms. The maximum absolute atomic E-state index is 13.2. The molecule has 0 radical (unpaired) electrons. The Morgan fingerprint density at radius 1 is 1.31 bits per heavy atom. The fourth-order valence-corrected chi connectivity index (χ4v) is 4.14. The third-order valence-electron chi connectivity index (χ3n) is 4.89. The molecule has 1 saturated heterocycles. The van der Waals surface area contributed by atoms with E-state index in [0.29, 0.717) is 30.5 Å². The number of aryl methyl sites for hydroxylation is 1. The SMILES string of the molecule is CN(C)c1nccnc1OC1CCCN(C(=O)c2cc(-c3cccs3)nn2C)C1. The van der Waals surface area contributed by atoms with Crippen LogP contribution in [0.15, 0.2) is 36.0 Å². The summed E-state index contributed by atoms with van der Waals surface area (Å²) in [6, 6.07) is 5.86. The van der Waals surface area contributed by atoms with Gasteiger partial charge in [-0.2, -0.15) is 5.10 Å². The van der Waals surface area contributed by atoms with Crippen LogP contribution in [-0.2, 0) is 7.05 Å². The number of piperidine rings is 1. The third kappa shape index (κ3) is 4.09. The molecule has 8 nitrogen and oxygen atoms in total. The largest absolute Gasteiger partial charge is 0.470 e. The molecule has 152 valence electrons. The highest BCUT2D eigenvalue weighted by atomic mass is 32.1. The summed E-state index contributed by atoms with van der Waals surface area (Å²) in [6.07, 6.45) is 4.90. The average molecular weight is 413 g/mol. The van der Waals surface area contributed by atoms with Crippen molar-refractivity contribution in [1.29, 1.82) is 0 Å². The van der Waals surface area contributed by atoms with E-state index in [9.17, 15) is 4.79 Å². The second kappa shape index (κ2) is 8.20. The van der Waals surface area contributed by atoms with Crippen molar-refractivity contribution in [3.63, 3.8) is 0 Å². The molecule has 1 aliphatic rings. The van der Waals surface area contributed by atoms with Crippen LogP contribution in [0.5, 0.6) is 5.88 Å². The predicted octanol–water partition coefficient (Wildman–Crippen LogP) is 2.69. The monoisotopic (exact) mass is 412 g/mol. The standard InChI is InChI=1S/C20H24N6O2S/c1-24(2)18-19(22-9-8-21-18)28-14-6-4-10-26(13-14)20(27)16-12-15(23-25(16)3)17-7-5-11-29-17/h5,7-9,11-12,14H,4,6,10,13H2,1-3H3.